The van der Waals surface area contributed by atoms with Gasteiger partial charge in [0, 0.05) is 38.7 Å². The van der Waals surface area contributed by atoms with E-state index >= 15 is 0 Å². The van der Waals surface area contributed by atoms with Crippen molar-refractivity contribution >= 4 is 11.9 Å². The van der Waals surface area contributed by atoms with Crippen molar-refractivity contribution in [3.8, 4) is 0 Å². The number of amides is 1. The maximum Gasteiger partial charge on any atom is 0.221 e. The summed E-state index contributed by atoms with van der Waals surface area (Å²) in [4.78, 5) is 16.3. The highest BCUT2D eigenvalue weighted by molar-refractivity contribution is 5.81. The zero-order chi connectivity index (χ0) is 18.4. The fraction of sp³-hybridized carbons (Fsp3) is 0.889. The average Bonchev–Trinajstić information content (AvgIpc) is 2.53. The Morgan fingerprint density at radius 3 is 2.38 bits per heavy atom. The lowest BCUT2D eigenvalue weighted by Crippen LogP contribution is -2.40. The Kier molecular flexibility index (Phi) is 13.3. The van der Waals surface area contributed by atoms with Crippen molar-refractivity contribution in [2.75, 3.05) is 26.2 Å². The smallest absolute Gasteiger partial charge is 0.221 e. The van der Waals surface area contributed by atoms with Crippen LogP contribution in [-0.2, 0) is 9.53 Å². The molecule has 6 nitrogen and oxygen atoms in total. The predicted molar refractivity (Wildman–Crippen MR) is 101 cm³/mol. The van der Waals surface area contributed by atoms with Gasteiger partial charge in [0.1, 0.15) is 0 Å². The van der Waals surface area contributed by atoms with Crippen LogP contribution in [0.1, 0.15) is 60.8 Å². The Morgan fingerprint density at radius 1 is 1.12 bits per heavy atom. The second kappa shape index (κ2) is 14.1. The Morgan fingerprint density at radius 2 is 1.83 bits per heavy atom. The van der Waals surface area contributed by atoms with Gasteiger partial charge in [-0.25, -0.2) is 0 Å². The van der Waals surface area contributed by atoms with Crippen molar-refractivity contribution in [3.63, 3.8) is 0 Å². The Hall–Kier alpha value is -1.30. The number of rotatable bonds is 12. The summed E-state index contributed by atoms with van der Waals surface area (Å²) in [5.41, 5.74) is 0. The molecule has 0 aliphatic carbocycles. The molecule has 2 unspecified atom stereocenters. The van der Waals surface area contributed by atoms with E-state index in [4.69, 9.17) is 4.74 Å². The van der Waals surface area contributed by atoms with E-state index in [1.54, 1.807) is 0 Å². The van der Waals surface area contributed by atoms with E-state index in [-0.39, 0.29) is 18.1 Å². The summed E-state index contributed by atoms with van der Waals surface area (Å²) in [5, 5.41) is 9.39. The third-order valence-electron chi connectivity index (χ3n) is 3.82. The van der Waals surface area contributed by atoms with Gasteiger partial charge >= 0.3 is 0 Å². The summed E-state index contributed by atoms with van der Waals surface area (Å²) in [7, 11) is 0. The minimum atomic E-state index is 0.0731. The fourth-order valence-electron chi connectivity index (χ4n) is 2.21. The van der Waals surface area contributed by atoms with Crippen molar-refractivity contribution in [2.45, 2.75) is 73.0 Å². The van der Waals surface area contributed by atoms with E-state index in [1.165, 1.54) is 0 Å². The maximum atomic E-state index is 11.8. The van der Waals surface area contributed by atoms with Gasteiger partial charge in [-0.3, -0.25) is 9.79 Å². The number of aliphatic imine (C=N–C) groups is 1. The van der Waals surface area contributed by atoms with Crippen molar-refractivity contribution in [3.05, 3.63) is 0 Å². The van der Waals surface area contributed by atoms with Crippen LogP contribution >= 0.6 is 0 Å². The second-order valence-electron chi connectivity index (χ2n) is 6.34. The first kappa shape index (κ1) is 22.7. The molecule has 6 heteroatoms. The summed E-state index contributed by atoms with van der Waals surface area (Å²) in [6, 6.07) is 0.228. The first-order valence-corrected chi connectivity index (χ1v) is 9.37. The molecule has 142 valence electrons. The van der Waals surface area contributed by atoms with Crippen LogP contribution in [0.3, 0.4) is 0 Å². The molecule has 0 aliphatic rings. The van der Waals surface area contributed by atoms with E-state index < -0.39 is 0 Å². The van der Waals surface area contributed by atoms with Gasteiger partial charge in [-0.2, -0.15) is 0 Å². The molecule has 0 saturated carbocycles. The number of guanidine groups is 1. The Bertz CT molecular complexity index is 359. The van der Waals surface area contributed by atoms with Gasteiger partial charge in [-0.05, 0) is 39.5 Å². The third kappa shape index (κ3) is 11.3. The van der Waals surface area contributed by atoms with Gasteiger partial charge in [-0.15, -0.1) is 0 Å². The lowest BCUT2D eigenvalue weighted by molar-refractivity contribution is -0.121. The van der Waals surface area contributed by atoms with E-state index in [0.29, 0.717) is 25.4 Å². The topological polar surface area (TPSA) is 74.8 Å². The first-order chi connectivity index (χ1) is 11.4. The molecule has 0 saturated heterocycles. The average molecular weight is 343 g/mol. The lowest BCUT2D eigenvalue weighted by Gasteiger charge is -2.20. The van der Waals surface area contributed by atoms with E-state index in [1.807, 2.05) is 20.8 Å². The molecular weight excluding hydrogens is 304 g/mol. The van der Waals surface area contributed by atoms with Gasteiger partial charge in [0.05, 0.1) is 6.10 Å². The number of carbonyl (C=O) groups excluding carboxylic acids is 1. The lowest BCUT2D eigenvalue weighted by atomic mass is 10.0. The SMILES string of the molecule is CCNC(=NCCC(OCC)C(C)C)NCCC(=O)NC(C)CC. The molecule has 0 aromatic heterocycles. The van der Waals surface area contributed by atoms with Crippen molar-refractivity contribution in [1.29, 1.82) is 0 Å². The highest BCUT2D eigenvalue weighted by atomic mass is 16.5. The van der Waals surface area contributed by atoms with Crippen LogP contribution < -0.4 is 16.0 Å². The highest BCUT2D eigenvalue weighted by Gasteiger charge is 2.12. The minimum absolute atomic E-state index is 0.0731. The molecule has 0 aromatic rings. The van der Waals surface area contributed by atoms with Crippen LogP contribution in [0.15, 0.2) is 4.99 Å². The van der Waals surface area contributed by atoms with Crippen molar-refractivity contribution < 1.29 is 9.53 Å². The van der Waals surface area contributed by atoms with Gasteiger partial charge in [0.25, 0.3) is 0 Å². The van der Waals surface area contributed by atoms with E-state index in [0.717, 1.165) is 32.0 Å². The summed E-state index contributed by atoms with van der Waals surface area (Å²) in [5.74, 6) is 1.32. The van der Waals surface area contributed by atoms with Crippen LogP contribution in [0.5, 0.6) is 0 Å². The zero-order valence-electron chi connectivity index (χ0n) is 16.4. The van der Waals surface area contributed by atoms with Crippen molar-refractivity contribution in [1.82, 2.24) is 16.0 Å². The molecule has 0 rings (SSSR count). The van der Waals surface area contributed by atoms with Gasteiger partial charge < -0.3 is 20.7 Å². The highest BCUT2D eigenvalue weighted by Crippen LogP contribution is 2.10. The molecule has 0 aliphatic heterocycles. The standard InChI is InChI=1S/C18H38N4O2/c1-7-15(6)22-17(23)11-13-21-18(19-8-2)20-12-10-16(14(4)5)24-9-3/h14-16H,7-13H2,1-6H3,(H,22,23)(H2,19,20,21). The van der Waals surface area contributed by atoms with Gasteiger partial charge in [0.2, 0.25) is 5.91 Å². The summed E-state index contributed by atoms with van der Waals surface area (Å²) < 4.78 is 5.74. The molecule has 0 fully saturated rings. The van der Waals surface area contributed by atoms with Crippen LogP contribution in [0, 0.1) is 5.92 Å². The fourth-order valence-corrected chi connectivity index (χ4v) is 2.21. The Labute approximate surface area is 148 Å². The third-order valence-corrected chi connectivity index (χ3v) is 3.82. The molecule has 0 radical (unpaired) electrons. The van der Waals surface area contributed by atoms with E-state index in [9.17, 15) is 4.79 Å². The molecular formula is C18H38N4O2. The largest absolute Gasteiger partial charge is 0.378 e. The molecule has 0 aromatic carbocycles. The normalized spacial score (nSPS) is 14.4. The summed E-state index contributed by atoms with van der Waals surface area (Å²) in [6.45, 7) is 15.3. The molecule has 3 N–H and O–H groups in total. The molecule has 0 spiro atoms. The van der Waals surface area contributed by atoms with Crippen molar-refractivity contribution in [2.24, 2.45) is 10.9 Å². The van der Waals surface area contributed by atoms with E-state index in [2.05, 4.69) is 41.7 Å². The Balaban J connectivity index is 4.25. The van der Waals surface area contributed by atoms with Crippen LogP contribution in [0.2, 0.25) is 0 Å². The predicted octanol–water partition coefficient (Wildman–Crippen LogP) is 2.30. The number of nitrogens with one attached hydrogen (secondary N) is 3. The molecule has 0 heterocycles. The van der Waals surface area contributed by atoms with Crippen LogP contribution in [-0.4, -0.2) is 50.3 Å². The number of nitrogens with zero attached hydrogens (tertiary/aromatic N) is 1. The number of ether oxygens (including phenoxy) is 1. The molecule has 0 bridgehead atoms. The minimum Gasteiger partial charge on any atom is -0.378 e. The number of hydrogen-bond acceptors (Lipinski definition) is 3. The van der Waals surface area contributed by atoms with Gasteiger partial charge in [-0.1, -0.05) is 20.8 Å². The van der Waals surface area contributed by atoms with Crippen LogP contribution in [0.4, 0.5) is 0 Å². The molecule has 24 heavy (non-hydrogen) atoms. The van der Waals surface area contributed by atoms with Gasteiger partial charge in [0.15, 0.2) is 5.96 Å². The first-order valence-electron chi connectivity index (χ1n) is 9.37. The quantitative estimate of drug-likeness (QED) is 0.376. The molecule has 2 atom stereocenters. The monoisotopic (exact) mass is 342 g/mol. The van der Waals surface area contributed by atoms with Crippen LogP contribution in [0.25, 0.3) is 0 Å². The zero-order valence-corrected chi connectivity index (χ0v) is 16.4. The second-order valence-corrected chi connectivity index (χ2v) is 6.34. The number of carbonyl (C=O) groups is 1. The summed E-state index contributed by atoms with van der Waals surface area (Å²) >= 11 is 0. The maximum absolute atomic E-state index is 11.8. The summed E-state index contributed by atoms with van der Waals surface area (Å²) in [6.07, 6.45) is 2.53. The number of hydrogen-bond donors (Lipinski definition) is 3. The molecule has 1 amide bonds.